The van der Waals surface area contributed by atoms with Crippen LogP contribution in [-0.4, -0.2) is 31.6 Å². The molecule has 104 valence electrons. The Labute approximate surface area is 113 Å². The number of Topliss-reactive ketones (excluding diaryl/α,β-unsaturated/α-hetero) is 1. The monoisotopic (exact) mass is 265 g/mol. The van der Waals surface area contributed by atoms with Crippen molar-refractivity contribution in [1.29, 1.82) is 0 Å². The number of rotatable bonds is 3. The van der Waals surface area contributed by atoms with Gasteiger partial charge < -0.3 is 9.64 Å². The van der Waals surface area contributed by atoms with E-state index in [1.165, 1.54) is 13.0 Å². The summed E-state index contributed by atoms with van der Waals surface area (Å²) in [4.78, 5) is 13.9. The Kier molecular flexibility index (Phi) is 4.20. The third-order valence-corrected chi connectivity index (χ3v) is 3.66. The summed E-state index contributed by atoms with van der Waals surface area (Å²) in [5, 5.41) is 0. The van der Waals surface area contributed by atoms with E-state index >= 15 is 0 Å². The van der Waals surface area contributed by atoms with Crippen LogP contribution >= 0.6 is 0 Å². The van der Waals surface area contributed by atoms with Crippen LogP contribution in [-0.2, 0) is 4.74 Å². The van der Waals surface area contributed by atoms with Gasteiger partial charge in [0.25, 0.3) is 0 Å². The second-order valence-corrected chi connectivity index (χ2v) is 5.01. The molecule has 0 aromatic heterocycles. The molecule has 1 unspecified atom stereocenters. The number of hydrogen-bond donors (Lipinski definition) is 0. The molecule has 1 fully saturated rings. The fourth-order valence-corrected chi connectivity index (χ4v) is 2.50. The molecule has 0 N–H and O–H groups in total. The van der Waals surface area contributed by atoms with E-state index in [1.54, 1.807) is 13.0 Å². The highest BCUT2D eigenvalue weighted by atomic mass is 19.1. The van der Waals surface area contributed by atoms with E-state index in [2.05, 4.69) is 11.8 Å². The van der Waals surface area contributed by atoms with Crippen molar-refractivity contribution in [3.8, 4) is 0 Å². The van der Waals surface area contributed by atoms with Crippen LogP contribution in [0.15, 0.2) is 12.1 Å². The molecule has 0 aliphatic carbocycles. The Hall–Kier alpha value is -1.42. The Bertz CT molecular complexity index is 487. The number of hydrogen-bond acceptors (Lipinski definition) is 3. The van der Waals surface area contributed by atoms with E-state index in [-0.39, 0.29) is 17.6 Å². The molecule has 2 rings (SSSR count). The van der Waals surface area contributed by atoms with Crippen LogP contribution in [0.1, 0.15) is 36.2 Å². The first-order valence-corrected chi connectivity index (χ1v) is 6.70. The van der Waals surface area contributed by atoms with Gasteiger partial charge in [0, 0.05) is 17.8 Å². The van der Waals surface area contributed by atoms with E-state index in [1.807, 2.05) is 0 Å². The highest BCUT2D eigenvalue weighted by Crippen LogP contribution is 2.28. The smallest absolute Gasteiger partial charge is 0.161 e. The zero-order valence-corrected chi connectivity index (χ0v) is 11.7. The number of carbonyl (C=O) groups excluding carboxylic acids is 1. The number of aryl methyl sites for hydroxylation is 1. The molecule has 1 aliphatic heterocycles. The van der Waals surface area contributed by atoms with Gasteiger partial charge in [0.2, 0.25) is 0 Å². The second-order valence-electron chi connectivity index (χ2n) is 5.01. The maximum Gasteiger partial charge on any atom is 0.161 e. The van der Waals surface area contributed by atoms with Gasteiger partial charge in [0.15, 0.2) is 5.78 Å². The average Bonchev–Trinajstić information content (AvgIpc) is 2.41. The Morgan fingerprint density at radius 1 is 1.53 bits per heavy atom. The Morgan fingerprint density at radius 2 is 2.26 bits per heavy atom. The van der Waals surface area contributed by atoms with E-state index < -0.39 is 0 Å². The van der Waals surface area contributed by atoms with E-state index in [4.69, 9.17) is 4.74 Å². The number of ether oxygens (including phenoxy) is 1. The molecule has 1 atom stereocenters. The van der Waals surface area contributed by atoms with Gasteiger partial charge >= 0.3 is 0 Å². The number of anilines is 1. The fourth-order valence-electron chi connectivity index (χ4n) is 2.50. The van der Waals surface area contributed by atoms with Crippen LogP contribution in [0.25, 0.3) is 0 Å². The molecular formula is C15H20FNO2. The molecule has 1 saturated heterocycles. The number of benzene rings is 1. The first-order valence-electron chi connectivity index (χ1n) is 6.70. The van der Waals surface area contributed by atoms with Crippen molar-refractivity contribution >= 4 is 11.5 Å². The lowest BCUT2D eigenvalue weighted by Crippen LogP contribution is -2.45. The molecule has 1 aromatic carbocycles. The second kappa shape index (κ2) is 5.70. The van der Waals surface area contributed by atoms with Crippen LogP contribution in [0.3, 0.4) is 0 Å². The zero-order valence-electron chi connectivity index (χ0n) is 11.7. The van der Waals surface area contributed by atoms with Crippen molar-refractivity contribution < 1.29 is 13.9 Å². The van der Waals surface area contributed by atoms with Gasteiger partial charge in [-0.3, -0.25) is 4.79 Å². The predicted molar refractivity (Wildman–Crippen MR) is 73.4 cm³/mol. The molecular weight excluding hydrogens is 245 g/mol. The van der Waals surface area contributed by atoms with Crippen molar-refractivity contribution in [3.63, 3.8) is 0 Å². The minimum atomic E-state index is -0.324. The van der Waals surface area contributed by atoms with Gasteiger partial charge in [-0.15, -0.1) is 0 Å². The fraction of sp³-hybridized carbons (Fsp3) is 0.533. The lowest BCUT2D eigenvalue weighted by atomic mass is 10.0. The van der Waals surface area contributed by atoms with Crippen molar-refractivity contribution in [2.75, 3.05) is 24.7 Å². The van der Waals surface area contributed by atoms with Crippen molar-refractivity contribution in [1.82, 2.24) is 0 Å². The van der Waals surface area contributed by atoms with Gasteiger partial charge in [0.05, 0.1) is 19.3 Å². The molecule has 0 radical (unpaired) electrons. The van der Waals surface area contributed by atoms with Gasteiger partial charge in [-0.25, -0.2) is 4.39 Å². The van der Waals surface area contributed by atoms with Gasteiger partial charge in [-0.2, -0.15) is 0 Å². The third-order valence-electron chi connectivity index (χ3n) is 3.66. The molecule has 0 saturated carbocycles. The SMILES string of the molecule is CCC1COCCN1c1cc(C)c(F)cc1C(C)=O. The lowest BCUT2D eigenvalue weighted by Gasteiger charge is -2.38. The highest BCUT2D eigenvalue weighted by Gasteiger charge is 2.25. The summed E-state index contributed by atoms with van der Waals surface area (Å²) in [5.41, 5.74) is 1.87. The molecule has 1 heterocycles. The van der Waals surface area contributed by atoms with E-state index in [0.29, 0.717) is 24.3 Å². The number of morpholine rings is 1. The molecule has 19 heavy (non-hydrogen) atoms. The highest BCUT2D eigenvalue weighted by molar-refractivity contribution is 6.00. The number of ketones is 1. The number of carbonyl (C=O) groups is 1. The van der Waals surface area contributed by atoms with Gasteiger partial charge in [-0.1, -0.05) is 6.92 Å². The quantitative estimate of drug-likeness (QED) is 0.787. The van der Waals surface area contributed by atoms with Crippen molar-refractivity contribution in [2.45, 2.75) is 33.2 Å². The Morgan fingerprint density at radius 3 is 2.89 bits per heavy atom. The summed E-state index contributed by atoms with van der Waals surface area (Å²) in [6.07, 6.45) is 0.938. The minimum Gasteiger partial charge on any atom is -0.377 e. The van der Waals surface area contributed by atoms with Crippen molar-refractivity contribution in [3.05, 3.63) is 29.1 Å². The minimum absolute atomic E-state index is 0.102. The van der Waals surface area contributed by atoms with Gasteiger partial charge in [0.1, 0.15) is 5.82 Å². The maximum atomic E-state index is 13.7. The zero-order chi connectivity index (χ0) is 14.0. The standard InChI is InChI=1S/C15H20FNO2/c1-4-12-9-19-6-5-17(12)15-7-10(2)14(16)8-13(15)11(3)18/h7-8,12H,4-6,9H2,1-3H3. The summed E-state index contributed by atoms with van der Waals surface area (Å²) >= 11 is 0. The van der Waals surface area contributed by atoms with Crippen LogP contribution < -0.4 is 4.90 Å². The molecule has 1 aromatic rings. The van der Waals surface area contributed by atoms with Crippen molar-refractivity contribution in [2.24, 2.45) is 0 Å². The van der Waals surface area contributed by atoms with E-state index in [9.17, 15) is 9.18 Å². The molecule has 0 bridgehead atoms. The average molecular weight is 265 g/mol. The molecule has 0 amide bonds. The summed E-state index contributed by atoms with van der Waals surface area (Å²) in [7, 11) is 0. The van der Waals surface area contributed by atoms with Crippen LogP contribution in [0.2, 0.25) is 0 Å². The van der Waals surface area contributed by atoms with Crippen LogP contribution in [0, 0.1) is 12.7 Å². The van der Waals surface area contributed by atoms with Crippen LogP contribution in [0.5, 0.6) is 0 Å². The molecule has 1 aliphatic rings. The van der Waals surface area contributed by atoms with E-state index in [0.717, 1.165) is 18.7 Å². The summed E-state index contributed by atoms with van der Waals surface area (Å²) in [6.45, 7) is 7.34. The maximum absolute atomic E-state index is 13.7. The largest absolute Gasteiger partial charge is 0.377 e. The summed E-state index contributed by atoms with van der Waals surface area (Å²) in [6, 6.07) is 3.38. The number of nitrogens with zero attached hydrogens (tertiary/aromatic N) is 1. The summed E-state index contributed by atoms with van der Waals surface area (Å²) < 4.78 is 19.1. The topological polar surface area (TPSA) is 29.5 Å². The first kappa shape index (κ1) is 14.0. The predicted octanol–water partition coefficient (Wildman–Crippen LogP) is 2.95. The number of halogens is 1. The van der Waals surface area contributed by atoms with Crippen LogP contribution in [0.4, 0.5) is 10.1 Å². The third kappa shape index (κ3) is 2.78. The molecule has 0 spiro atoms. The lowest BCUT2D eigenvalue weighted by molar-refractivity contribution is 0.0922. The normalized spacial score (nSPS) is 19.6. The Balaban J connectivity index is 2.47. The first-order chi connectivity index (χ1) is 9.04. The molecule has 3 nitrogen and oxygen atoms in total. The van der Waals surface area contributed by atoms with Gasteiger partial charge in [-0.05, 0) is 38.0 Å². The summed E-state index contributed by atoms with van der Waals surface area (Å²) in [5.74, 6) is -0.425. The molecule has 4 heteroatoms.